The van der Waals surface area contributed by atoms with E-state index in [2.05, 4.69) is 0 Å². The fraction of sp³-hybridized carbons (Fsp3) is 0.111. The maximum absolute atomic E-state index is 9.91. The molecule has 2 nitrogen and oxygen atoms in total. The molecule has 0 heterocycles. The molecular weight excluding hydrogens is 248 g/mol. The zero-order valence-corrected chi connectivity index (χ0v) is 11.0. The van der Waals surface area contributed by atoms with E-state index in [1.807, 2.05) is 60.7 Å². The van der Waals surface area contributed by atoms with E-state index in [0.29, 0.717) is 0 Å². The van der Waals surface area contributed by atoms with Gasteiger partial charge in [0.2, 0.25) is 0 Å². The molecule has 0 spiro atoms. The molecule has 0 aromatic heterocycles. The smallest absolute Gasteiger partial charge is 0.187 e. The van der Waals surface area contributed by atoms with Crippen molar-refractivity contribution in [3.05, 3.63) is 83.9 Å². The van der Waals surface area contributed by atoms with Crippen molar-refractivity contribution in [2.45, 2.75) is 12.2 Å². The summed E-state index contributed by atoms with van der Waals surface area (Å²) < 4.78 is 0. The molecule has 0 fully saturated rings. The van der Waals surface area contributed by atoms with E-state index in [1.165, 1.54) is 6.08 Å². The minimum Gasteiger partial charge on any atom is -0.362 e. The highest BCUT2D eigenvalue weighted by molar-refractivity contribution is 5.97. The molecule has 0 amide bonds. The number of allylic oxidation sites excluding steroid dienone is 2. The third-order valence-electron chi connectivity index (χ3n) is 3.49. The highest BCUT2D eigenvalue weighted by Crippen LogP contribution is 2.37. The lowest BCUT2D eigenvalue weighted by atomic mass is 9.85. The third-order valence-corrected chi connectivity index (χ3v) is 3.49. The molecule has 0 unspecified atom stereocenters. The number of rotatable bonds is 2. The zero-order chi connectivity index (χ0) is 14.0. The highest BCUT2D eigenvalue weighted by atomic mass is 16.5. The fourth-order valence-corrected chi connectivity index (χ4v) is 2.52. The van der Waals surface area contributed by atoms with Gasteiger partial charge in [-0.15, -0.1) is 0 Å². The van der Waals surface area contributed by atoms with Crippen molar-refractivity contribution in [3.8, 4) is 0 Å². The van der Waals surface area contributed by atoms with Gasteiger partial charge in [-0.3, -0.25) is 0 Å². The van der Waals surface area contributed by atoms with E-state index in [0.717, 1.165) is 22.3 Å². The summed E-state index contributed by atoms with van der Waals surface area (Å²) in [4.78, 5) is 0. The molecule has 3 rings (SSSR count). The van der Waals surface area contributed by atoms with Crippen LogP contribution in [0.2, 0.25) is 0 Å². The largest absolute Gasteiger partial charge is 0.362 e. The van der Waals surface area contributed by atoms with Gasteiger partial charge in [-0.1, -0.05) is 66.7 Å². The van der Waals surface area contributed by atoms with Gasteiger partial charge in [0.1, 0.15) is 0 Å². The molecule has 2 heteroatoms. The molecule has 0 saturated heterocycles. The van der Waals surface area contributed by atoms with Crippen molar-refractivity contribution in [2.75, 3.05) is 0 Å². The summed E-state index contributed by atoms with van der Waals surface area (Å²) in [7, 11) is 0. The summed E-state index contributed by atoms with van der Waals surface area (Å²) in [6, 6.07) is 19.9. The average Bonchev–Trinajstić information content (AvgIpc) is 2.48. The van der Waals surface area contributed by atoms with Crippen LogP contribution in [0.5, 0.6) is 0 Å². The molecule has 0 radical (unpaired) electrons. The van der Waals surface area contributed by atoms with Gasteiger partial charge in [-0.2, -0.15) is 0 Å². The van der Waals surface area contributed by atoms with Gasteiger partial charge in [0.15, 0.2) is 5.79 Å². The van der Waals surface area contributed by atoms with Gasteiger partial charge >= 0.3 is 0 Å². The summed E-state index contributed by atoms with van der Waals surface area (Å²) in [5.74, 6) is -1.77. The second-order valence-corrected chi connectivity index (χ2v) is 5.01. The summed E-state index contributed by atoms with van der Waals surface area (Å²) >= 11 is 0. The highest BCUT2D eigenvalue weighted by Gasteiger charge is 2.27. The van der Waals surface area contributed by atoms with Gasteiger partial charge in [0, 0.05) is 6.42 Å². The minimum absolute atomic E-state index is 0.192. The summed E-state index contributed by atoms with van der Waals surface area (Å²) in [6.07, 6.45) is 3.43. The van der Waals surface area contributed by atoms with Crippen molar-refractivity contribution in [1.82, 2.24) is 0 Å². The SMILES string of the molecule is OC1(O)C=CC(c2ccccc2)=C(c2ccccc2)C1. The van der Waals surface area contributed by atoms with Crippen molar-refractivity contribution in [3.63, 3.8) is 0 Å². The first-order valence-electron chi connectivity index (χ1n) is 6.64. The molecule has 20 heavy (non-hydrogen) atoms. The van der Waals surface area contributed by atoms with Crippen LogP contribution in [0.15, 0.2) is 72.8 Å². The molecule has 2 N–H and O–H groups in total. The first kappa shape index (κ1) is 12.9. The Kier molecular flexibility index (Phi) is 3.26. The molecule has 0 bridgehead atoms. The van der Waals surface area contributed by atoms with E-state index in [1.54, 1.807) is 6.08 Å². The molecule has 2 aromatic rings. The first-order valence-corrected chi connectivity index (χ1v) is 6.64. The van der Waals surface area contributed by atoms with Crippen molar-refractivity contribution in [1.29, 1.82) is 0 Å². The molecule has 1 aliphatic carbocycles. The lowest BCUT2D eigenvalue weighted by Crippen LogP contribution is -2.27. The lowest BCUT2D eigenvalue weighted by molar-refractivity contribution is -0.113. The quantitative estimate of drug-likeness (QED) is 0.817. The van der Waals surface area contributed by atoms with E-state index in [9.17, 15) is 10.2 Å². The first-order chi connectivity index (χ1) is 9.66. The Morgan fingerprint density at radius 2 is 1.30 bits per heavy atom. The van der Waals surface area contributed by atoms with Gasteiger partial charge in [-0.05, 0) is 28.3 Å². The molecule has 0 aliphatic heterocycles. The Labute approximate surface area is 118 Å². The summed E-state index contributed by atoms with van der Waals surface area (Å²) in [6.45, 7) is 0. The zero-order valence-electron chi connectivity index (χ0n) is 11.0. The Hall–Kier alpha value is -2.16. The van der Waals surface area contributed by atoms with Crippen LogP contribution in [0, 0.1) is 0 Å². The topological polar surface area (TPSA) is 40.5 Å². The van der Waals surface area contributed by atoms with Gasteiger partial charge in [-0.25, -0.2) is 0 Å². The molecule has 0 saturated carbocycles. The monoisotopic (exact) mass is 264 g/mol. The number of hydrogen-bond donors (Lipinski definition) is 2. The second kappa shape index (κ2) is 5.08. The molecule has 0 atom stereocenters. The fourth-order valence-electron chi connectivity index (χ4n) is 2.52. The third kappa shape index (κ3) is 2.57. The van der Waals surface area contributed by atoms with Crippen molar-refractivity contribution < 1.29 is 10.2 Å². The van der Waals surface area contributed by atoms with Gasteiger partial charge in [0.05, 0.1) is 0 Å². The van der Waals surface area contributed by atoms with Crippen molar-refractivity contribution >= 4 is 11.1 Å². The van der Waals surface area contributed by atoms with Gasteiger partial charge < -0.3 is 10.2 Å². The van der Waals surface area contributed by atoms with Crippen LogP contribution in [0.25, 0.3) is 11.1 Å². The molecule has 100 valence electrons. The van der Waals surface area contributed by atoms with Crippen LogP contribution in [-0.2, 0) is 0 Å². The van der Waals surface area contributed by atoms with E-state index >= 15 is 0 Å². The van der Waals surface area contributed by atoms with Crippen LogP contribution in [0.3, 0.4) is 0 Å². The minimum atomic E-state index is -1.77. The maximum Gasteiger partial charge on any atom is 0.187 e. The predicted molar refractivity (Wildman–Crippen MR) is 80.6 cm³/mol. The van der Waals surface area contributed by atoms with Crippen LogP contribution in [0.1, 0.15) is 17.5 Å². The number of benzene rings is 2. The standard InChI is InChI=1S/C18H16O2/c19-18(20)12-11-16(14-7-3-1-4-8-14)17(13-18)15-9-5-2-6-10-15/h1-12,19-20H,13H2. The maximum atomic E-state index is 9.91. The summed E-state index contributed by atoms with van der Waals surface area (Å²) in [5.41, 5.74) is 4.08. The number of aliphatic hydroxyl groups is 2. The second-order valence-electron chi connectivity index (χ2n) is 5.01. The van der Waals surface area contributed by atoms with E-state index in [4.69, 9.17) is 0 Å². The van der Waals surface area contributed by atoms with Crippen LogP contribution in [0.4, 0.5) is 0 Å². The Morgan fingerprint density at radius 3 is 1.90 bits per heavy atom. The average molecular weight is 264 g/mol. The predicted octanol–water partition coefficient (Wildman–Crippen LogP) is 3.24. The Bertz CT molecular complexity index is 652. The summed E-state index contributed by atoms with van der Waals surface area (Å²) in [5, 5.41) is 19.8. The molecule has 2 aromatic carbocycles. The Balaban J connectivity index is 2.16. The van der Waals surface area contributed by atoms with E-state index in [-0.39, 0.29) is 6.42 Å². The molecule has 1 aliphatic rings. The Morgan fingerprint density at radius 1 is 0.750 bits per heavy atom. The number of hydrogen-bond acceptors (Lipinski definition) is 2. The van der Waals surface area contributed by atoms with E-state index < -0.39 is 5.79 Å². The van der Waals surface area contributed by atoms with Gasteiger partial charge in [0.25, 0.3) is 0 Å². The normalized spacial score (nSPS) is 17.3. The lowest BCUT2D eigenvalue weighted by Gasteiger charge is -2.26. The van der Waals surface area contributed by atoms with Crippen LogP contribution in [-0.4, -0.2) is 16.0 Å². The van der Waals surface area contributed by atoms with Crippen molar-refractivity contribution in [2.24, 2.45) is 0 Å². The van der Waals surface area contributed by atoms with Crippen LogP contribution < -0.4 is 0 Å². The molecular formula is C18H16O2. The van der Waals surface area contributed by atoms with Crippen LogP contribution >= 0.6 is 0 Å².